The number of hydrogen-bond donors (Lipinski definition) is 2. The molecule has 1 aromatic carbocycles. The van der Waals surface area contributed by atoms with E-state index in [1.54, 1.807) is 7.11 Å². The van der Waals surface area contributed by atoms with E-state index in [0.717, 1.165) is 23.0 Å². The summed E-state index contributed by atoms with van der Waals surface area (Å²) < 4.78 is 5.39. The third kappa shape index (κ3) is 2.38. The van der Waals surface area contributed by atoms with Gasteiger partial charge in [0.05, 0.1) is 12.8 Å². The first kappa shape index (κ1) is 13.0. The largest absolute Gasteiger partial charge is 0.495 e. The highest BCUT2D eigenvalue weighted by Crippen LogP contribution is 2.45. The molecule has 1 amide bonds. The van der Waals surface area contributed by atoms with Crippen LogP contribution in [0.2, 0.25) is 0 Å². The molecule has 0 aliphatic heterocycles. The predicted octanol–water partition coefficient (Wildman–Crippen LogP) is 3.03. The summed E-state index contributed by atoms with van der Waals surface area (Å²) >= 11 is 0. The van der Waals surface area contributed by atoms with Gasteiger partial charge in [0.15, 0.2) is 0 Å². The Bertz CT molecular complexity index is 553. The number of amides is 1. The van der Waals surface area contributed by atoms with Crippen LogP contribution >= 0.6 is 0 Å². The van der Waals surface area contributed by atoms with Gasteiger partial charge in [0.25, 0.3) is 0 Å². The number of methoxy groups -OCH3 is 1. The van der Waals surface area contributed by atoms with E-state index in [1.807, 2.05) is 18.2 Å². The minimum Gasteiger partial charge on any atom is -0.495 e. The summed E-state index contributed by atoms with van der Waals surface area (Å²) in [5, 5.41) is 6.36. The Morgan fingerprint density at radius 1 is 1.40 bits per heavy atom. The van der Waals surface area contributed by atoms with Gasteiger partial charge in [-0.1, -0.05) is 12.2 Å². The molecule has 3 rings (SSSR count). The summed E-state index contributed by atoms with van der Waals surface area (Å²) in [6, 6.07) is 6.14. The van der Waals surface area contributed by atoms with Crippen molar-refractivity contribution in [2.24, 2.45) is 11.8 Å². The topological polar surface area (TPSA) is 50.4 Å². The van der Waals surface area contributed by atoms with Crippen LogP contribution in [-0.2, 0) is 4.79 Å². The van der Waals surface area contributed by atoms with E-state index >= 15 is 0 Å². The molecule has 3 unspecified atom stereocenters. The number of benzene rings is 1. The molecule has 1 saturated carbocycles. The highest BCUT2D eigenvalue weighted by molar-refractivity contribution is 5.89. The van der Waals surface area contributed by atoms with E-state index in [4.69, 9.17) is 4.74 Å². The van der Waals surface area contributed by atoms with Crippen LogP contribution in [0.5, 0.6) is 5.75 Å². The summed E-state index contributed by atoms with van der Waals surface area (Å²) in [7, 11) is 1.66. The Hall–Kier alpha value is -1.97. The molecular weight excluding hydrogens is 252 g/mol. The maximum atomic E-state index is 11.1. The first-order valence-corrected chi connectivity index (χ1v) is 7.06. The van der Waals surface area contributed by atoms with E-state index < -0.39 is 0 Å². The number of fused-ring (bicyclic) bond motifs is 1. The Labute approximate surface area is 119 Å². The normalized spacial score (nSPS) is 26.6. The molecule has 0 aromatic heterocycles. The molecule has 0 radical (unpaired) electrons. The fourth-order valence-electron chi connectivity index (χ4n) is 3.18. The number of hydrogen-bond acceptors (Lipinski definition) is 3. The van der Waals surface area contributed by atoms with Crippen molar-refractivity contribution in [3.05, 3.63) is 30.4 Å². The first-order chi connectivity index (χ1) is 9.67. The monoisotopic (exact) mass is 272 g/mol. The molecule has 4 heteroatoms. The molecule has 2 N–H and O–H groups in total. The molecule has 0 bridgehead atoms. The number of carbonyl (C=O) groups excluding carboxylic acids is 1. The summed E-state index contributed by atoms with van der Waals surface area (Å²) in [6.07, 6.45) is 7.01. The van der Waals surface area contributed by atoms with Crippen molar-refractivity contribution in [3.8, 4) is 5.75 Å². The lowest BCUT2D eigenvalue weighted by atomic mass is 9.71. The SMILES string of the molecule is COc1ccc(NC(C)=O)cc1NC1CC2CC=CC21. The van der Waals surface area contributed by atoms with Crippen molar-refractivity contribution >= 4 is 17.3 Å². The number of allylic oxidation sites excluding steroid dienone is 1. The average Bonchev–Trinajstić information content (AvgIpc) is 2.77. The minimum absolute atomic E-state index is 0.0662. The van der Waals surface area contributed by atoms with Gasteiger partial charge in [-0.05, 0) is 37.0 Å². The van der Waals surface area contributed by atoms with Crippen LogP contribution in [0.3, 0.4) is 0 Å². The van der Waals surface area contributed by atoms with Crippen LogP contribution in [0.1, 0.15) is 19.8 Å². The zero-order valence-electron chi connectivity index (χ0n) is 11.8. The van der Waals surface area contributed by atoms with Gasteiger partial charge in [0, 0.05) is 24.6 Å². The van der Waals surface area contributed by atoms with Crippen molar-refractivity contribution in [2.75, 3.05) is 17.7 Å². The summed E-state index contributed by atoms with van der Waals surface area (Å²) in [5.41, 5.74) is 1.74. The van der Waals surface area contributed by atoms with Gasteiger partial charge < -0.3 is 15.4 Å². The van der Waals surface area contributed by atoms with Gasteiger partial charge in [-0.15, -0.1) is 0 Å². The number of ether oxygens (including phenoxy) is 1. The third-order valence-electron chi connectivity index (χ3n) is 4.22. The van der Waals surface area contributed by atoms with Gasteiger partial charge in [-0.25, -0.2) is 0 Å². The molecular formula is C16H20N2O2. The van der Waals surface area contributed by atoms with Crippen LogP contribution in [0.25, 0.3) is 0 Å². The lowest BCUT2D eigenvalue weighted by Crippen LogP contribution is -2.43. The van der Waals surface area contributed by atoms with Crippen molar-refractivity contribution in [1.82, 2.24) is 0 Å². The molecule has 20 heavy (non-hydrogen) atoms. The van der Waals surface area contributed by atoms with Crippen molar-refractivity contribution < 1.29 is 9.53 Å². The second-order valence-electron chi connectivity index (χ2n) is 5.58. The molecule has 4 nitrogen and oxygen atoms in total. The zero-order valence-corrected chi connectivity index (χ0v) is 11.8. The minimum atomic E-state index is -0.0662. The van der Waals surface area contributed by atoms with Gasteiger partial charge >= 0.3 is 0 Å². The van der Waals surface area contributed by atoms with Gasteiger partial charge in [0.2, 0.25) is 5.91 Å². The highest BCUT2D eigenvalue weighted by atomic mass is 16.5. The van der Waals surface area contributed by atoms with Crippen LogP contribution in [-0.4, -0.2) is 19.1 Å². The molecule has 3 atom stereocenters. The second kappa shape index (κ2) is 5.19. The molecule has 0 saturated heterocycles. The maximum Gasteiger partial charge on any atom is 0.221 e. The number of carbonyl (C=O) groups is 1. The van der Waals surface area contributed by atoms with E-state index in [0.29, 0.717) is 12.0 Å². The van der Waals surface area contributed by atoms with Crippen molar-refractivity contribution in [1.29, 1.82) is 0 Å². The summed E-state index contributed by atoms with van der Waals surface area (Å²) in [5.74, 6) is 2.20. The second-order valence-corrected chi connectivity index (χ2v) is 5.58. The fourth-order valence-corrected chi connectivity index (χ4v) is 3.18. The van der Waals surface area contributed by atoms with E-state index in [-0.39, 0.29) is 5.91 Å². The van der Waals surface area contributed by atoms with E-state index in [1.165, 1.54) is 19.8 Å². The Morgan fingerprint density at radius 2 is 2.25 bits per heavy atom. The molecule has 0 spiro atoms. The lowest BCUT2D eigenvalue weighted by molar-refractivity contribution is -0.114. The van der Waals surface area contributed by atoms with Crippen LogP contribution in [0.4, 0.5) is 11.4 Å². The maximum absolute atomic E-state index is 11.1. The summed E-state index contributed by atoms with van der Waals surface area (Å²) in [6.45, 7) is 1.51. The quantitative estimate of drug-likeness (QED) is 0.828. The first-order valence-electron chi connectivity index (χ1n) is 7.06. The van der Waals surface area contributed by atoms with Crippen LogP contribution in [0, 0.1) is 11.8 Å². The Morgan fingerprint density at radius 3 is 2.95 bits per heavy atom. The van der Waals surface area contributed by atoms with E-state index in [9.17, 15) is 4.79 Å². The standard InChI is InChI=1S/C16H20N2O2/c1-10(19)17-12-6-7-16(20-2)15(9-12)18-14-8-11-4-3-5-13(11)14/h3,5-7,9,11,13-14,18H,4,8H2,1-2H3,(H,17,19). The highest BCUT2D eigenvalue weighted by Gasteiger charge is 2.41. The zero-order chi connectivity index (χ0) is 14.1. The lowest BCUT2D eigenvalue weighted by Gasteiger charge is -2.41. The smallest absolute Gasteiger partial charge is 0.221 e. The van der Waals surface area contributed by atoms with E-state index in [2.05, 4.69) is 22.8 Å². The fraction of sp³-hybridized carbons (Fsp3) is 0.438. The third-order valence-corrected chi connectivity index (χ3v) is 4.22. The molecule has 1 fully saturated rings. The van der Waals surface area contributed by atoms with Crippen LogP contribution in [0.15, 0.2) is 30.4 Å². The number of anilines is 2. The number of rotatable bonds is 4. The molecule has 0 heterocycles. The molecule has 2 aliphatic rings. The Kier molecular flexibility index (Phi) is 3.38. The predicted molar refractivity (Wildman–Crippen MR) is 80.1 cm³/mol. The van der Waals surface area contributed by atoms with Gasteiger partial charge in [0.1, 0.15) is 5.75 Å². The molecule has 106 valence electrons. The Balaban J connectivity index is 1.76. The average molecular weight is 272 g/mol. The molecule has 2 aliphatic carbocycles. The molecule has 1 aromatic rings. The summed E-state index contributed by atoms with van der Waals surface area (Å²) in [4.78, 5) is 11.1. The van der Waals surface area contributed by atoms with Crippen molar-refractivity contribution in [2.45, 2.75) is 25.8 Å². The van der Waals surface area contributed by atoms with Crippen molar-refractivity contribution in [3.63, 3.8) is 0 Å². The van der Waals surface area contributed by atoms with Gasteiger partial charge in [-0.3, -0.25) is 4.79 Å². The van der Waals surface area contributed by atoms with Gasteiger partial charge in [-0.2, -0.15) is 0 Å². The number of nitrogens with one attached hydrogen (secondary N) is 2. The van der Waals surface area contributed by atoms with Crippen LogP contribution < -0.4 is 15.4 Å².